The Bertz CT molecular complexity index is 1090. The first kappa shape index (κ1) is 22.5. The highest BCUT2D eigenvalue weighted by Crippen LogP contribution is 2.41. The van der Waals surface area contributed by atoms with E-state index < -0.39 is 0 Å². The summed E-state index contributed by atoms with van der Waals surface area (Å²) in [5.74, 6) is 0. The molecule has 2 atom stereocenters. The van der Waals surface area contributed by atoms with E-state index in [0.29, 0.717) is 6.61 Å². The standard InChI is InChI=1S/C26H32N4OS/c1-17-10-8-11-18(2)24(17)30-19(3)16-21(20(30)4)25-23(22-12-6-7-13-27-22)28-26(32)29(25)14-9-15-31-5/h6-8,10-13,16,23,25H,9,14-15H2,1-5H3,(H,28,32)/t23-,25+/m1/s1. The fourth-order valence-corrected chi connectivity index (χ4v) is 5.29. The highest BCUT2D eigenvalue weighted by molar-refractivity contribution is 7.80. The SMILES string of the molecule is COCCCN1C(=S)N[C@H](c2ccccn2)[C@@H]1c1cc(C)n(-c2c(C)cccc2C)c1C. The molecule has 5 nitrogen and oxygen atoms in total. The lowest BCUT2D eigenvalue weighted by Gasteiger charge is -2.28. The lowest BCUT2D eigenvalue weighted by atomic mass is 9.96. The maximum atomic E-state index is 5.80. The molecular formula is C26H32N4OS. The Kier molecular flexibility index (Phi) is 6.63. The maximum Gasteiger partial charge on any atom is 0.170 e. The first-order valence-electron chi connectivity index (χ1n) is 11.2. The molecular weight excluding hydrogens is 416 g/mol. The van der Waals surface area contributed by atoms with E-state index in [0.717, 1.165) is 23.8 Å². The summed E-state index contributed by atoms with van der Waals surface area (Å²) < 4.78 is 7.71. The lowest BCUT2D eigenvalue weighted by Crippen LogP contribution is -2.31. The minimum Gasteiger partial charge on any atom is -0.385 e. The number of hydrogen-bond donors (Lipinski definition) is 1. The van der Waals surface area contributed by atoms with E-state index in [4.69, 9.17) is 17.0 Å². The Hall–Kier alpha value is -2.70. The van der Waals surface area contributed by atoms with Crippen LogP contribution >= 0.6 is 12.2 Å². The molecule has 168 valence electrons. The zero-order valence-electron chi connectivity index (χ0n) is 19.6. The van der Waals surface area contributed by atoms with E-state index in [1.54, 1.807) is 7.11 Å². The largest absolute Gasteiger partial charge is 0.385 e. The summed E-state index contributed by atoms with van der Waals surface area (Å²) in [5.41, 5.74) is 8.57. The van der Waals surface area contributed by atoms with Crippen LogP contribution in [0.1, 0.15) is 52.3 Å². The Balaban J connectivity index is 1.83. The molecule has 1 saturated heterocycles. The second-order valence-electron chi connectivity index (χ2n) is 8.57. The van der Waals surface area contributed by atoms with Crippen LogP contribution in [0.3, 0.4) is 0 Å². The van der Waals surface area contributed by atoms with Crippen molar-refractivity contribution in [3.8, 4) is 5.69 Å². The van der Waals surface area contributed by atoms with Crippen LogP contribution in [-0.2, 0) is 4.74 Å². The molecule has 0 saturated carbocycles. The fraction of sp³-hybridized carbons (Fsp3) is 0.385. The van der Waals surface area contributed by atoms with E-state index >= 15 is 0 Å². The van der Waals surface area contributed by atoms with Crippen LogP contribution < -0.4 is 5.32 Å². The number of ether oxygens (including phenoxy) is 1. The van der Waals surface area contributed by atoms with Crippen molar-refractivity contribution < 1.29 is 4.74 Å². The molecule has 1 fully saturated rings. The van der Waals surface area contributed by atoms with Gasteiger partial charge in [0, 0.05) is 37.8 Å². The molecule has 1 aromatic carbocycles. The summed E-state index contributed by atoms with van der Waals surface area (Å²) in [6.07, 6.45) is 2.77. The van der Waals surface area contributed by atoms with Gasteiger partial charge < -0.3 is 19.5 Å². The summed E-state index contributed by atoms with van der Waals surface area (Å²) in [5, 5.41) is 4.34. The zero-order valence-corrected chi connectivity index (χ0v) is 20.4. The van der Waals surface area contributed by atoms with Gasteiger partial charge in [-0.3, -0.25) is 4.98 Å². The van der Waals surface area contributed by atoms with E-state index in [1.165, 1.54) is 33.8 Å². The monoisotopic (exact) mass is 448 g/mol. The van der Waals surface area contributed by atoms with Crippen molar-refractivity contribution >= 4 is 17.3 Å². The Morgan fingerprint density at radius 2 is 1.81 bits per heavy atom. The molecule has 32 heavy (non-hydrogen) atoms. The Morgan fingerprint density at radius 3 is 2.47 bits per heavy atom. The molecule has 6 heteroatoms. The third kappa shape index (κ3) is 4.05. The number of benzene rings is 1. The van der Waals surface area contributed by atoms with Gasteiger partial charge in [0.1, 0.15) is 0 Å². The second-order valence-corrected chi connectivity index (χ2v) is 8.96. The van der Waals surface area contributed by atoms with Gasteiger partial charge in [-0.15, -0.1) is 0 Å². The van der Waals surface area contributed by atoms with Crippen molar-refractivity contribution in [1.29, 1.82) is 0 Å². The van der Waals surface area contributed by atoms with Gasteiger partial charge in [0.15, 0.2) is 5.11 Å². The van der Waals surface area contributed by atoms with Crippen molar-refractivity contribution in [1.82, 2.24) is 19.8 Å². The van der Waals surface area contributed by atoms with Gasteiger partial charge in [0.25, 0.3) is 0 Å². The van der Waals surface area contributed by atoms with Crippen LogP contribution in [0.25, 0.3) is 5.69 Å². The summed E-state index contributed by atoms with van der Waals surface area (Å²) >= 11 is 5.80. The number of methoxy groups -OCH3 is 1. The third-order valence-corrected chi connectivity index (χ3v) is 6.75. The number of aromatic nitrogens is 2. The van der Waals surface area contributed by atoms with Crippen molar-refractivity contribution in [3.05, 3.63) is 82.4 Å². The van der Waals surface area contributed by atoms with Gasteiger partial charge in [0.2, 0.25) is 0 Å². The van der Waals surface area contributed by atoms with E-state index in [-0.39, 0.29) is 12.1 Å². The van der Waals surface area contributed by atoms with Crippen molar-refractivity contribution in [2.45, 2.75) is 46.2 Å². The van der Waals surface area contributed by atoms with Crippen LogP contribution in [0.15, 0.2) is 48.7 Å². The second kappa shape index (κ2) is 9.43. The molecule has 1 aliphatic heterocycles. The highest BCUT2D eigenvalue weighted by atomic mass is 32.1. The number of thiocarbonyl (C=S) groups is 1. The number of nitrogens with one attached hydrogen (secondary N) is 1. The zero-order chi connectivity index (χ0) is 22.8. The predicted octanol–water partition coefficient (Wildman–Crippen LogP) is 5.11. The minimum atomic E-state index is -0.00170. The molecule has 0 spiro atoms. The molecule has 3 aromatic rings. The number of aryl methyl sites for hydroxylation is 3. The average Bonchev–Trinajstić information content (AvgIpc) is 3.25. The molecule has 0 amide bonds. The molecule has 0 aliphatic carbocycles. The van der Waals surface area contributed by atoms with Crippen LogP contribution in [0.2, 0.25) is 0 Å². The predicted molar refractivity (Wildman–Crippen MR) is 133 cm³/mol. The van der Waals surface area contributed by atoms with Gasteiger partial charge in [0.05, 0.1) is 23.5 Å². The Labute approximate surface area is 196 Å². The molecule has 0 bridgehead atoms. The number of nitrogens with zero attached hydrogens (tertiary/aromatic N) is 3. The fourth-order valence-electron chi connectivity index (χ4n) is 4.95. The molecule has 4 rings (SSSR count). The molecule has 2 aromatic heterocycles. The average molecular weight is 449 g/mol. The minimum absolute atomic E-state index is 0.00170. The summed E-state index contributed by atoms with van der Waals surface area (Å²) in [6, 6.07) is 14.9. The molecule has 1 N–H and O–H groups in total. The van der Waals surface area contributed by atoms with E-state index in [9.17, 15) is 0 Å². The van der Waals surface area contributed by atoms with E-state index in [2.05, 4.69) is 77.8 Å². The number of para-hydroxylation sites is 1. The van der Waals surface area contributed by atoms with Gasteiger partial charge in [-0.25, -0.2) is 0 Å². The van der Waals surface area contributed by atoms with Gasteiger partial charge in [-0.2, -0.15) is 0 Å². The molecule has 3 heterocycles. The highest BCUT2D eigenvalue weighted by Gasteiger charge is 2.41. The van der Waals surface area contributed by atoms with Crippen LogP contribution in [-0.4, -0.2) is 39.8 Å². The summed E-state index contributed by atoms with van der Waals surface area (Å²) in [4.78, 5) is 6.98. The normalized spacial score (nSPS) is 18.3. The summed E-state index contributed by atoms with van der Waals surface area (Å²) in [6.45, 7) is 10.3. The van der Waals surface area contributed by atoms with Gasteiger partial charge >= 0.3 is 0 Å². The van der Waals surface area contributed by atoms with Crippen molar-refractivity contribution in [2.75, 3.05) is 20.3 Å². The summed E-state index contributed by atoms with van der Waals surface area (Å²) in [7, 11) is 1.74. The van der Waals surface area contributed by atoms with Crippen LogP contribution in [0.5, 0.6) is 0 Å². The van der Waals surface area contributed by atoms with Gasteiger partial charge in [-0.1, -0.05) is 24.3 Å². The van der Waals surface area contributed by atoms with Crippen molar-refractivity contribution in [3.63, 3.8) is 0 Å². The third-order valence-electron chi connectivity index (χ3n) is 6.40. The molecule has 0 radical (unpaired) electrons. The molecule has 1 aliphatic rings. The molecule has 0 unspecified atom stereocenters. The number of hydrogen-bond acceptors (Lipinski definition) is 3. The Morgan fingerprint density at radius 1 is 1.06 bits per heavy atom. The number of pyridine rings is 1. The van der Waals surface area contributed by atoms with Crippen LogP contribution in [0, 0.1) is 27.7 Å². The number of rotatable bonds is 7. The van der Waals surface area contributed by atoms with E-state index in [1.807, 2.05) is 18.3 Å². The van der Waals surface area contributed by atoms with Gasteiger partial charge in [-0.05, 0) is 81.2 Å². The topological polar surface area (TPSA) is 42.3 Å². The van der Waals surface area contributed by atoms with Crippen LogP contribution in [0.4, 0.5) is 0 Å². The first-order valence-corrected chi connectivity index (χ1v) is 11.6. The maximum absolute atomic E-state index is 5.80. The first-order chi connectivity index (χ1) is 15.4. The van der Waals surface area contributed by atoms with Crippen molar-refractivity contribution in [2.24, 2.45) is 0 Å². The smallest absolute Gasteiger partial charge is 0.170 e. The quantitative estimate of drug-likeness (QED) is 0.402. The lowest BCUT2D eigenvalue weighted by molar-refractivity contribution is 0.180.